The smallest absolute Gasteiger partial charge is 0.255 e. The first kappa shape index (κ1) is 21.6. The van der Waals surface area contributed by atoms with E-state index in [9.17, 15) is 9.59 Å². The number of amides is 2. The van der Waals surface area contributed by atoms with Crippen LogP contribution in [0.25, 0.3) is 0 Å². The van der Waals surface area contributed by atoms with Crippen LogP contribution in [0.15, 0.2) is 12.1 Å². The van der Waals surface area contributed by atoms with Gasteiger partial charge in [-0.1, -0.05) is 30.9 Å². The summed E-state index contributed by atoms with van der Waals surface area (Å²) in [6, 6.07) is 3.01. The second-order valence-electron chi connectivity index (χ2n) is 7.15. The zero-order valence-corrected chi connectivity index (χ0v) is 17.1. The first-order valence-electron chi connectivity index (χ1n) is 9.22. The number of halogens is 2. The number of nitrogens with two attached hydrogens (primary N) is 1. The van der Waals surface area contributed by atoms with Gasteiger partial charge in [-0.05, 0) is 25.3 Å². The van der Waals surface area contributed by atoms with Gasteiger partial charge in [-0.15, -0.1) is 12.4 Å². The largest absolute Gasteiger partial charge is 0.496 e. The Kier molecular flexibility index (Phi) is 7.62. The highest BCUT2D eigenvalue weighted by atomic mass is 35.5. The van der Waals surface area contributed by atoms with Crippen LogP contribution in [-0.4, -0.2) is 43.0 Å². The molecule has 1 atom stereocenters. The van der Waals surface area contributed by atoms with E-state index >= 15 is 0 Å². The summed E-state index contributed by atoms with van der Waals surface area (Å²) in [5, 5.41) is 3.31. The van der Waals surface area contributed by atoms with Gasteiger partial charge in [0.15, 0.2) is 0 Å². The van der Waals surface area contributed by atoms with E-state index in [1.165, 1.54) is 19.6 Å². The Hall–Kier alpha value is -1.66. The third-order valence-electron chi connectivity index (χ3n) is 5.35. The van der Waals surface area contributed by atoms with Gasteiger partial charge in [0.2, 0.25) is 5.91 Å². The van der Waals surface area contributed by atoms with Crippen LogP contribution < -0.4 is 15.8 Å². The molecule has 1 aliphatic carbocycles. The molecule has 1 heterocycles. The molecule has 1 unspecified atom stereocenters. The van der Waals surface area contributed by atoms with E-state index in [1.54, 1.807) is 6.07 Å². The molecule has 2 fully saturated rings. The lowest BCUT2D eigenvalue weighted by atomic mass is 9.88. The number of anilines is 1. The fraction of sp³-hybridized carbons (Fsp3) is 0.579. The van der Waals surface area contributed by atoms with Crippen molar-refractivity contribution in [3.05, 3.63) is 22.7 Å². The fourth-order valence-corrected chi connectivity index (χ4v) is 4.03. The predicted molar refractivity (Wildman–Crippen MR) is 109 cm³/mol. The summed E-state index contributed by atoms with van der Waals surface area (Å²) in [6.07, 6.45) is 6.26. The van der Waals surface area contributed by atoms with Gasteiger partial charge in [-0.25, -0.2) is 0 Å². The van der Waals surface area contributed by atoms with Crippen LogP contribution in [0, 0.1) is 5.92 Å². The summed E-state index contributed by atoms with van der Waals surface area (Å²) in [5.74, 6) is 0.530. The summed E-state index contributed by atoms with van der Waals surface area (Å²) >= 11 is 6.04. The highest BCUT2D eigenvalue weighted by Gasteiger charge is 2.32. The Labute approximate surface area is 171 Å². The molecule has 3 rings (SSSR count). The Morgan fingerprint density at radius 3 is 2.59 bits per heavy atom. The van der Waals surface area contributed by atoms with Gasteiger partial charge >= 0.3 is 0 Å². The Morgan fingerprint density at radius 2 is 1.93 bits per heavy atom. The molecule has 2 aliphatic rings. The first-order chi connectivity index (χ1) is 12.5. The summed E-state index contributed by atoms with van der Waals surface area (Å²) in [7, 11) is 1.49. The number of methoxy groups -OCH3 is 1. The van der Waals surface area contributed by atoms with E-state index in [0.29, 0.717) is 35.1 Å². The number of nitrogen functional groups attached to an aromatic ring is 1. The minimum atomic E-state index is -0.263. The summed E-state index contributed by atoms with van der Waals surface area (Å²) in [6.45, 7) is 1.26. The van der Waals surface area contributed by atoms with Crippen LogP contribution in [0.5, 0.6) is 5.75 Å². The molecule has 1 aliphatic heterocycles. The van der Waals surface area contributed by atoms with Crippen LogP contribution in [0.2, 0.25) is 5.02 Å². The molecular weight excluding hydrogens is 389 g/mol. The van der Waals surface area contributed by atoms with Gasteiger partial charge in [0, 0.05) is 31.1 Å². The highest BCUT2D eigenvalue weighted by molar-refractivity contribution is 6.33. The van der Waals surface area contributed by atoms with E-state index in [4.69, 9.17) is 22.1 Å². The molecule has 0 spiro atoms. The number of carbonyl (C=O) groups excluding carboxylic acids is 2. The minimum absolute atomic E-state index is 0. The Balaban J connectivity index is 0.00000261. The average Bonchev–Trinajstić information content (AvgIpc) is 3.12. The number of hydrogen-bond donors (Lipinski definition) is 2. The lowest BCUT2D eigenvalue weighted by Gasteiger charge is -2.26. The summed E-state index contributed by atoms with van der Waals surface area (Å²) < 4.78 is 5.24. The van der Waals surface area contributed by atoms with Crippen LogP contribution in [-0.2, 0) is 4.79 Å². The van der Waals surface area contributed by atoms with Crippen LogP contribution in [0.1, 0.15) is 48.9 Å². The van der Waals surface area contributed by atoms with Crippen molar-refractivity contribution in [3.63, 3.8) is 0 Å². The number of hydrogen-bond acceptors (Lipinski definition) is 4. The third kappa shape index (κ3) is 4.99. The maximum atomic E-state index is 12.6. The van der Waals surface area contributed by atoms with Gasteiger partial charge < -0.3 is 20.7 Å². The second kappa shape index (κ2) is 9.51. The molecule has 8 heteroatoms. The lowest BCUT2D eigenvalue weighted by Crippen LogP contribution is -2.40. The van der Waals surface area contributed by atoms with Gasteiger partial charge in [0.1, 0.15) is 5.75 Å². The molecule has 150 valence electrons. The normalized spacial score (nSPS) is 20.1. The number of nitrogens with one attached hydrogen (secondary N) is 1. The molecular formula is C19H27Cl2N3O3. The van der Waals surface area contributed by atoms with Crippen molar-refractivity contribution in [2.24, 2.45) is 5.92 Å². The molecule has 2 amide bonds. The third-order valence-corrected chi connectivity index (χ3v) is 5.68. The number of likely N-dealkylation sites (tertiary alicyclic amines) is 1. The van der Waals surface area contributed by atoms with E-state index < -0.39 is 0 Å². The van der Waals surface area contributed by atoms with Crippen LogP contribution in [0.3, 0.4) is 0 Å². The van der Waals surface area contributed by atoms with Crippen molar-refractivity contribution in [3.8, 4) is 5.75 Å². The summed E-state index contributed by atoms with van der Waals surface area (Å²) in [5.41, 5.74) is 6.48. The van der Waals surface area contributed by atoms with Crippen molar-refractivity contribution < 1.29 is 14.3 Å². The van der Waals surface area contributed by atoms with Gasteiger partial charge in [0.25, 0.3) is 5.91 Å². The zero-order valence-electron chi connectivity index (χ0n) is 15.5. The van der Waals surface area contributed by atoms with E-state index in [0.717, 1.165) is 32.1 Å². The average molecular weight is 416 g/mol. The second-order valence-corrected chi connectivity index (χ2v) is 7.56. The molecule has 6 nitrogen and oxygen atoms in total. The number of benzene rings is 1. The molecule has 1 saturated heterocycles. The SMILES string of the molecule is COc1cc(N)c(Cl)cc1C(=O)NC1CCN(C(=O)C2CCCCC2)C1.Cl. The molecule has 1 saturated carbocycles. The van der Waals surface area contributed by atoms with Crippen molar-refractivity contribution in [2.45, 2.75) is 44.6 Å². The molecule has 0 bridgehead atoms. The van der Waals surface area contributed by atoms with E-state index in [-0.39, 0.29) is 36.2 Å². The molecule has 3 N–H and O–H groups in total. The van der Waals surface area contributed by atoms with Crippen LogP contribution in [0.4, 0.5) is 5.69 Å². The lowest BCUT2D eigenvalue weighted by molar-refractivity contribution is -0.135. The standard InChI is InChI=1S/C19H26ClN3O3.ClH/c1-26-17-10-16(21)15(20)9-14(17)18(24)22-13-7-8-23(11-13)19(25)12-5-3-2-4-6-12;/h9-10,12-13H,2-8,11,21H2,1H3,(H,22,24);1H. The van der Waals surface area contributed by atoms with Crippen molar-refractivity contribution in [2.75, 3.05) is 25.9 Å². The zero-order chi connectivity index (χ0) is 18.7. The molecule has 1 aromatic carbocycles. The minimum Gasteiger partial charge on any atom is -0.496 e. The molecule has 27 heavy (non-hydrogen) atoms. The number of carbonyl (C=O) groups is 2. The van der Waals surface area contributed by atoms with Crippen molar-refractivity contribution in [1.29, 1.82) is 0 Å². The summed E-state index contributed by atoms with van der Waals surface area (Å²) in [4.78, 5) is 27.2. The Morgan fingerprint density at radius 1 is 1.22 bits per heavy atom. The molecule has 0 aromatic heterocycles. The topological polar surface area (TPSA) is 84.7 Å². The van der Waals surface area contributed by atoms with Gasteiger partial charge in [0.05, 0.1) is 23.4 Å². The Bertz CT molecular complexity index is 693. The van der Waals surface area contributed by atoms with Crippen molar-refractivity contribution in [1.82, 2.24) is 10.2 Å². The monoisotopic (exact) mass is 415 g/mol. The van der Waals surface area contributed by atoms with Crippen LogP contribution >= 0.6 is 24.0 Å². The quantitative estimate of drug-likeness (QED) is 0.738. The molecule has 1 aromatic rings. The number of nitrogens with zero attached hydrogens (tertiary/aromatic N) is 1. The van der Waals surface area contributed by atoms with Gasteiger partial charge in [-0.2, -0.15) is 0 Å². The van der Waals surface area contributed by atoms with E-state index in [1.807, 2.05) is 4.90 Å². The first-order valence-corrected chi connectivity index (χ1v) is 9.60. The molecule has 0 radical (unpaired) electrons. The maximum absolute atomic E-state index is 12.6. The van der Waals surface area contributed by atoms with Crippen molar-refractivity contribution >= 4 is 41.5 Å². The van der Waals surface area contributed by atoms with E-state index in [2.05, 4.69) is 5.32 Å². The number of rotatable bonds is 4. The number of ether oxygens (including phenoxy) is 1. The predicted octanol–water partition coefficient (Wildman–Crippen LogP) is 3.26. The van der Waals surface area contributed by atoms with Gasteiger partial charge in [-0.3, -0.25) is 9.59 Å². The maximum Gasteiger partial charge on any atom is 0.255 e. The fourth-order valence-electron chi connectivity index (χ4n) is 3.86. The highest BCUT2D eigenvalue weighted by Crippen LogP contribution is 2.29.